The van der Waals surface area contributed by atoms with E-state index in [9.17, 15) is 0 Å². The van der Waals surface area contributed by atoms with E-state index in [1.807, 2.05) is 0 Å². The van der Waals surface area contributed by atoms with Crippen molar-refractivity contribution in [3.05, 3.63) is 29.3 Å². The molecule has 0 aliphatic carbocycles. The minimum atomic E-state index is 0.692. The number of hydrogen-bond donors (Lipinski definition) is 1. The number of benzene rings is 1. The molecule has 1 aromatic rings. The molecule has 0 aliphatic rings. The summed E-state index contributed by atoms with van der Waals surface area (Å²) in [6.45, 7) is 5.75. The Labute approximate surface area is 92.4 Å². The highest BCUT2D eigenvalue weighted by molar-refractivity contribution is 5.36. The Morgan fingerprint density at radius 1 is 1.33 bits per heavy atom. The van der Waals surface area contributed by atoms with E-state index < -0.39 is 0 Å². The number of aryl methyl sites for hydroxylation is 1. The summed E-state index contributed by atoms with van der Waals surface area (Å²) in [4.78, 5) is 0. The largest absolute Gasteiger partial charge is 0.493 e. The molecule has 1 aromatic carbocycles. The normalized spacial score (nSPS) is 10.3. The molecule has 0 radical (unpaired) electrons. The van der Waals surface area contributed by atoms with E-state index >= 15 is 0 Å². The summed E-state index contributed by atoms with van der Waals surface area (Å²) in [5, 5.41) is 0. The summed E-state index contributed by atoms with van der Waals surface area (Å²) in [6, 6.07) is 6.33. The fraction of sp³-hybridized carbons (Fsp3) is 0.538. The molecule has 0 aromatic heterocycles. The Balaban J connectivity index is 2.63. The average Bonchev–Trinajstić information content (AvgIpc) is 2.23. The van der Waals surface area contributed by atoms with Crippen molar-refractivity contribution < 1.29 is 4.74 Å². The van der Waals surface area contributed by atoms with Crippen molar-refractivity contribution in [2.45, 2.75) is 33.1 Å². The Kier molecular flexibility index (Phi) is 5.19. The second kappa shape index (κ2) is 6.46. The second-order valence-electron chi connectivity index (χ2n) is 3.84. The smallest absolute Gasteiger partial charge is 0.122 e. The lowest BCUT2D eigenvalue weighted by Crippen LogP contribution is -2.04. The zero-order chi connectivity index (χ0) is 11.1. The number of unbranched alkanes of at least 4 members (excludes halogenated alkanes) is 1. The van der Waals surface area contributed by atoms with Crippen molar-refractivity contribution in [2.24, 2.45) is 5.73 Å². The highest BCUT2D eigenvalue weighted by Gasteiger charge is 2.00. The van der Waals surface area contributed by atoms with Gasteiger partial charge in [-0.1, -0.05) is 25.5 Å². The Hall–Kier alpha value is -1.02. The number of rotatable bonds is 6. The molecule has 0 spiro atoms. The molecule has 0 bridgehead atoms. The molecule has 0 saturated heterocycles. The van der Waals surface area contributed by atoms with E-state index in [0.29, 0.717) is 6.54 Å². The molecule has 2 nitrogen and oxygen atoms in total. The predicted molar refractivity (Wildman–Crippen MR) is 64.3 cm³/mol. The van der Waals surface area contributed by atoms with Gasteiger partial charge in [0.25, 0.3) is 0 Å². The molecule has 0 amide bonds. The molecule has 0 saturated carbocycles. The van der Waals surface area contributed by atoms with Crippen molar-refractivity contribution in [3.8, 4) is 5.75 Å². The van der Waals surface area contributed by atoms with E-state index in [2.05, 4.69) is 32.0 Å². The van der Waals surface area contributed by atoms with Gasteiger partial charge in [0.15, 0.2) is 0 Å². The molecule has 0 aliphatic heterocycles. The monoisotopic (exact) mass is 207 g/mol. The van der Waals surface area contributed by atoms with Crippen LogP contribution in [0.3, 0.4) is 0 Å². The van der Waals surface area contributed by atoms with E-state index in [1.165, 1.54) is 17.5 Å². The maximum atomic E-state index is 5.72. The maximum absolute atomic E-state index is 5.72. The molecule has 0 fully saturated rings. The van der Waals surface area contributed by atoms with E-state index in [-0.39, 0.29) is 0 Å². The second-order valence-corrected chi connectivity index (χ2v) is 3.84. The van der Waals surface area contributed by atoms with Gasteiger partial charge in [-0.05, 0) is 43.5 Å². The van der Waals surface area contributed by atoms with Gasteiger partial charge in [0.2, 0.25) is 0 Å². The van der Waals surface area contributed by atoms with Gasteiger partial charge in [-0.2, -0.15) is 0 Å². The van der Waals surface area contributed by atoms with Crippen LogP contribution in [0.15, 0.2) is 18.2 Å². The molecule has 0 heterocycles. The number of nitrogens with two attached hydrogens (primary N) is 1. The quantitative estimate of drug-likeness (QED) is 0.728. The molecule has 84 valence electrons. The lowest BCUT2D eigenvalue weighted by molar-refractivity contribution is 0.307. The van der Waals surface area contributed by atoms with Crippen LogP contribution in [0.2, 0.25) is 0 Å². The van der Waals surface area contributed by atoms with Crippen LogP contribution in [0.5, 0.6) is 5.75 Å². The van der Waals surface area contributed by atoms with E-state index in [1.54, 1.807) is 0 Å². The summed E-state index contributed by atoms with van der Waals surface area (Å²) in [5.74, 6) is 1.01. The van der Waals surface area contributed by atoms with Crippen LogP contribution in [0.1, 0.15) is 30.9 Å². The fourth-order valence-electron chi connectivity index (χ4n) is 1.45. The molecule has 2 heteroatoms. The van der Waals surface area contributed by atoms with Crippen LogP contribution < -0.4 is 10.5 Å². The third kappa shape index (κ3) is 3.92. The van der Waals surface area contributed by atoms with Crippen LogP contribution in [0, 0.1) is 6.92 Å². The van der Waals surface area contributed by atoms with Crippen LogP contribution in [0.4, 0.5) is 0 Å². The van der Waals surface area contributed by atoms with Crippen molar-refractivity contribution in [1.82, 2.24) is 0 Å². The first kappa shape index (κ1) is 12.1. The predicted octanol–water partition coefficient (Wildman–Crippen LogP) is 2.68. The third-order valence-electron chi connectivity index (χ3n) is 2.44. The maximum Gasteiger partial charge on any atom is 0.122 e. The summed E-state index contributed by atoms with van der Waals surface area (Å²) >= 11 is 0. The van der Waals surface area contributed by atoms with Crippen LogP contribution in [-0.2, 0) is 6.42 Å². The summed E-state index contributed by atoms with van der Waals surface area (Å²) in [5.41, 5.74) is 7.99. The third-order valence-corrected chi connectivity index (χ3v) is 2.44. The highest BCUT2D eigenvalue weighted by Crippen LogP contribution is 2.20. The first-order chi connectivity index (χ1) is 7.27. The van der Waals surface area contributed by atoms with E-state index in [4.69, 9.17) is 10.5 Å². The molecule has 1 rings (SSSR count). The number of ether oxygens (including phenoxy) is 1. The molecular formula is C13H21NO. The first-order valence-electron chi connectivity index (χ1n) is 5.70. The summed E-state index contributed by atoms with van der Waals surface area (Å²) < 4.78 is 5.72. The molecule has 2 N–H and O–H groups in total. The summed E-state index contributed by atoms with van der Waals surface area (Å²) in [6.07, 6.45) is 3.20. The zero-order valence-corrected chi connectivity index (χ0v) is 9.75. The lowest BCUT2D eigenvalue weighted by atomic mass is 10.1. The van der Waals surface area contributed by atoms with Gasteiger partial charge in [0.05, 0.1) is 6.61 Å². The molecule has 0 unspecified atom stereocenters. The molecule has 0 atom stereocenters. The minimum Gasteiger partial charge on any atom is -0.493 e. The van der Waals surface area contributed by atoms with Crippen LogP contribution >= 0.6 is 0 Å². The fourth-order valence-corrected chi connectivity index (χ4v) is 1.45. The highest BCUT2D eigenvalue weighted by atomic mass is 16.5. The average molecular weight is 207 g/mol. The topological polar surface area (TPSA) is 35.2 Å². The van der Waals surface area contributed by atoms with Gasteiger partial charge in [-0.15, -0.1) is 0 Å². The van der Waals surface area contributed by atoms with Gasteiger partial charge in [-0.3, -0.25) is 0 Å². The molecular weight excluding hydrogens is 186 g/mol. The van der Waals surface area contributed by atoms with Gasteiger partial charge < -0.3 is 10.5 Å². The zero-order valence-electron chi connectivity index (χ0n) is 9.75. The Morgan fingerprint density at radius 2 is 2.13 bits per heavy atom. The van der Waals surface area contributed by atoms with Crippen molar-refractivity contribution in [3.63, 3.8) is 0 Å². The van der Waals surface area contributed by atoms with Crippen molar-refractivity contribution in [1.29, 1.82) is 0 Å². The SMILES string of the molecule is CCCCOc1cc(CCN)ccc1C. The number of hydrogen-bond acceptors (Lipinski definition) is 2. The van der Waals surface area contributed by atoms with Crippen molar-refractivity contribution in [2.75, 3.05) is 13.2 Å². The Morgan fingerprint density at radius 3 is 2.80 bits per heavy atom. The van der Waals surface area contributed by atoms with Gasteiger partial charge in [0.1, 0.15) is 5.75 Å². The van der Waals surface area contributed by atoms with Crippen molar-refractivity contribution >= 4 is 0 Å². The lowest BCUT2D eigenvalue weighted by Gasteiger charge is -2.10. The van der Waals surface area contributed by atoms with Crippen LogP contribution in [-0.4, -0.2) is 13.2 Å². The van der Waals surface area contributed by atoms with Gasteiger partial charge >= 0.3 is 0 Å². The Bertz CT molecular complexity index is 297. The van der Waals surface area contributed by atoms with E-state index in [0.717, 1.165) is 25.2 Å². The first-order valence-corrected chi connectivity index (χ1v) is 5.70. The molecule has 15 heavy (non-hydrogen) atoms. The van der Waals surface area contributed by atoms with Gasteiger partial charge in [0, 0.05) is 0 Å². The van der Waals surface area contributed by atoms with Gasteiger partial charge in [-0.25, -0.2) is 0 Å². The summed E-state index contributed by atoms with van der Waals surface area (Å²) in [7, 11) is 0. The minimum absolute atomic E-state index is 0.692. The van der Waals surface area contributed by atoms with Crippen LogP contribution in [0.25, 0.3) is 0 Å². The standard InChI is InChI=1S/C13H21NO/c1-3-4-9-15-13-10-12(7-8-14)6-5-11(13)2/h5-6,10H,3-4,7-9,14H2,1-2H3.